The molecule has 10 heteroatoms. The smallest absolute Gasteiger partial charge is 0.315 e. The number of thioether (sulfide) groups is 1. The number of anilines is 2. The van der Waals surface area contributed by atoms with Crippen LogP contribution in [0.2, 0.25) is 0 Å². The van der Waals surface area contributed by atoms with Crippen LogP contribution < -0.4 is 21.3 Å². The lowest BCUT2D eigenvalue weighted by atomic mass is 10.0. The molecule has 1 aromatic heterocycles. The molecule has 8 nitrogen and oxygen atoms in total. The van der Waals surface area contributed by atoms with Crippen molar-refractivity contribution in [3.8, 4) is 0 Å². The standard InChI is InChI=1S/C27H29FN6O2S/c28-17-6-8-21-20(12-17)26(30-14-29-21)32-19-9-15-5-7-18(10-16(15)11-19)31-24(35)4-2-1-3-23-25-22(13-37-23)33-27(36)34-25/h5-8,10,12,14,19,22-23,25H,1-4,9,11,13H2,(H,31,35)(H,29,30,32)(H2,33,34,36). The predicted molar refractivity (Wildman–Crippen MR) is 143 cm³/mol. The Morgan fingerprint density at radius 3 is 2.89 bits per heavy atom. The van der Waals surface area contributed by atoms with E-state index in [0.717, 1.165) is 43.5 Å². The molecule has 37 heavy (non-hydrogen) atoms. The molecule has 3 heterocycles. The van der Waals surface area contributed by atoms with E-state index in [1.165, 1.54) is 29.6 Å². The fourth-order valence-electron chi connectivity index (χ4n) is 5.63. The van der Waals surface area contributed by atoms with Gasteiger partial charge in [-0.05, 0) is 67.1 Å². The minimum absolute atomic E-state index is 0.0230. The Balaban J connectivity index is 0.988. The number of hydrogen-bond acceptors (Lipinski definition) is 6. The number of nitrogens with one attached hydrogen (secondary N) is 4. The summed E-state index contributed by atoms with van der Waals surface area (Å²) in [7, 11) is 0. The van der Waals surface area contributed by atoms with Crippen LogP contribution in [-0.4, -0.2) is 51.0 Å². The molecule has 3 aliphatic rings. The van der Waals surface area contributed by atoms with Crippen molar-refractivity contribution >= 4 is 46.1 Å². The van der Waals surface area contributed by atoms with Crippen LogP contribution in [0.25, 0.3) is 10.9 Å². The summed E-state index contributed by atoms with van der Waals surface area (Å²) in [4.78, 5) is 32.6. The first-order chi connectivity index (χ1) is 18.0. The van der Waals surface area contributed by atoms with Crippen LogP contribution in [0.15, 0.2) is 42.7 Å². The van der Waals surface area contributed by atoms with E-state index in [4.69, 9.17) is 0 Å². The lowest BCUT2D eigenvalue weighted by molar-refractivity contribution is -0.116. The largest absolute Gasteiger partial charge is 0.366 e. The normalized spacial score (nSPS) is 23.9. The number of aromatic nitrogens is 2. The van der Waals surface area contributed by atoms with E-state index in [-0.39, 0.29) is 35.9 Å². The van der Waals surface area contributed by atoms with Crippen LogP contribution in [0.3, 0.4) is 0 Å². The Bertz CT molecular complexity index is 1350. The van der Waals surface area contributed by atoms with Gasteiger partial charge in [-0.25, -0.2) is 19.2 Å². The summed E-state index contributed by atoms with van der Waals surface area (Å²) in [5, 5.41) is 13.6. The number of carbonyl (C=O) groups excluding carboxylic acids is 2. The van der Waals surface area contributed by atoms with Crippen molar-refractivity contribution in [3.63, 3.8) is 0 Å². The third-order valence-corrected chi connectivity index (χ3v) is 8.95. The van der Waals surface area contributed by atoms with Crippen molar-refractivity contribution in [2.24, 2.45) is 0 Å². The number of carbonyl (C=O) groups is 2. The highest BCUT2D eigenvalue weighted by Gasteiger charge is 2.42. The number of fused-ring (bicyclic) bond motifs is 3. The molecule has 4 atom stereocenters. The van der Waals surface area contributed by atoms with Gasteiger partial charge in [0.05, 0.1) is 17.6 Å². The van der Waals surface area contributed by atoms with Crippen LogP contribution in [-0.2, 0) is 17.6 Å². The first-order valence-electron chi connectivity index (χ1n) is 12.8. The van der Waals surface area contributed by atoms with Gasteiger partial charge in [-0.2, -0.15) is 11.8 Å². The van der Waals surface area contributed by atoms with Crippen molar-refractivity contribution in [1.82, 2.24) is 20.6 Å². The maximum absolute atomic E-state index is 13.8. The van der Waals surface area contributed by atoms with E-state index in [2.05, 4.69) is 43.4 Å². The summed E-state index contributed by atoms with van der Waals surface area (Å²) in [6.45, 7) is 0. The lowest BCUT2D eigenvalue weighted by Gasteiger charge is -2.16. The van der Waals surface area contributed by atoms with E-state index >= 15 is 0 Å². The number of benzene rings is 2. The highest BCUT2D eigenvalue weighted by molar-refractivity contribution is 8.00. The van der Waals surface area contributed by atoms with Gasteiger partial charge < -0.3 is 21.3 Å². The molecule has 1 aliphatic carbocycles. The third kappa shape index (κ3) is 5.20. The maximum atomic E-state index is 13.8. The van der Waals surface area contributed by atoms with Gasteiger partial charge in [-0.1, -0.05) is 12.5 Å². The molecule has 0 bridgehead atoms. The first-order valence-corrected chi connectivity index (χ1v) is 13.8. The van der Waals surface area contributed by atoms with Crippen LogP contribution in [0.4, 0.5) is 20.7 Å². The molecule has 2 saturated heterocycles. The molecule has 0 radical (unpaired) electrons. The lowest BCUT2D eigenvalue weighted by Crippen LogP contribution is -2.36. The third-order valence-electron chi connectivity index (χ3n) is 7.44. The number of nitrogens with zero attached hydrogens (tertiary/aromatic N) is 2. The zero-order chi connectivity index (χ0) is 25.4. The van der Waals surface area contributed by atoms with Gasteiger partial charge in [0.15, 0.2) is 0 Å². The molecule has 2 aromatic carbocycles. The Hall–Kier alpha value is -3.40. The van der Waals surface area contributed by atoms with Gasteiger partial charge in [-0.15, -0.1) is 0 Å². The molecule has 3 amide bonds. The number of halogens is 1. The molecule has 2 fully saturated rings. The average molecular weight is 521 g/mol. The van der Waals surface area contributed by atoms with Gasteiger partial charge >= 0.3 is 6.03 Å². The van der Waals surface area contributed by atoms with Crippen molar-refractivity contribution in [2.45, 2.75) is 61.9 Å². The Kier molecular flexibility index (Phi) is 6.58. The Labute approximate surface area is 218 Å². The Morgan fingerprint density at radius 2 is 1.97 bits per heavy atom. The molecule has 2 aliphatic heterocycles. The molecule has 4 unspecified atom stereocenters. The van der Waals surface area contributed by atoms with Crippen molar-refractivity contribution in [2.75, 3.05) is 16.4 Å². The second-order valence-electron chi connectivity index (χ2n) is 10.0. The fraction of sp³-hybridized carbons (Fsp3) is 0.407. The average Bonchev–Trinajstić information content (AvgIpc) is 3.56. The molecular weight excluding hydrogens is 491 g/mol. The number of hydrogen-bond donors (Lipinski definition) is 4. The SMILES string of the molecule is O=C(CCCCC1SCC2NC(=O)NC21)Nc1ccc2c(c1)CC(Nc1ncnc3ccc(F)cc13)C2. The van der Waals surface area contributed by atoms with Gasteiger partial charge in [-0.3, -0.25) is 4.79 Å². The monoisotopic (exact) mass is 520 g/mol. The number of rotatable bonds is 8. The summed E-state index contributed by atoms with van der Waals surface area (Å²) in [5.41, 5.74) is 3.95. The van der Waals surface area contributed by atoms with Gasteiger partial charge in [0.1, 0.15) is 18.0 Å². The maximum Gasteiger partial charge on any atom is 0.315 e. The van der Waals surface area contributed by atoms with Crippen LogP contribution in [0.1, 0.15) is 36.8 Å². The summed E-state index contributed by atoms with van der Waals surface area (Å²) in [6.07, 6.45) is 6.39. The van der Waals surface area contributed by atoms with Crippen molar-refractivity contribution < 1.29 is 14.0 Å². The summed E-state index contributed by atoms with van der Waals surface area (Å²) < 4.78 is 13.8. The number of urea groups is 1. The van der Waals surface area contributed by atoms with E-state index in [0.29, 0.717) is 28.4 Å². The van der Waals surface area contributed by atoms with Crippen molar-refractivity contribution in [1.29, 1.82) is 0 Å². The predicted octanol–water partition coefficient (Wildman–Crippen LogP) is 4.01. The number of amides is 3. The van der Waals surface area contributed by atoms with Crippen LogP contribution in [0.5, 0.6) is 0 Å². The highest BCUT2D eigenvalue weighted by Crippen LogP contribution is 2.33. The molecule has 3 aromatic rings. The van der Waals surface area contributed by atoms with E-state index in [9.17, 15) is 14.0 Å². The summed E-state index contributed by atoms with van der Waals surface area (Å²) >= 11 is 1.90. The molecule has 192 valence electrons. The van der Waals surface area contributed by atoms with E-state index in [1.807, 2.05) is 17.8 Å². The van der Waals surface area contributed by atoms with Gasteiger partial charge in [0, 0.05) is 34.5 Å². The molecule has 0 spiro atoms. The minimum atomic E-state index is -0.314. The van der Waals surface area contributed by atoms with Crippen LogP contribution in [0, 0.1) is 5.82 Å². The highest BCUT2D eigenvalue weighted by atomic mass is 32.2. The fourth-order valence-corrected chi connectivity index (χ4v) is 7.18. The van der Waals surface area contributed by atoms with Gasteiger partial charge in [0.2, 0.25) is 5.91 Å². The topological polar surface area (TPSA) is 108 Å². The van der Waals surface area contributed by atoms with E-state index < -0.39 is 0 Å². The second-order valence-corrected chi connectivity index (χ2v) is 11.3. The zero-order valence-electron chi connectivity index (χ0n) is 20.3. The quantitative estimate of drug-likeness (QED) is 0.264. The molecule has 4 N–H and O–H groups in total. The first kappa shape index (κ1) is 24.0. The Morgan fingerprint density at radius 1 is 1.08 bits per heavy atom. The zero-order valence-corrected chi connectivity index (χ0v) is 21.1. The van der Waals surface area contributed by atoms with Crippen molar-refractivity contribution in [3.05, 3.63) is 59.7 Å². The number of unbranched alkanes of at least 4 members (excludes halogenated alkanes) is 1. The van der Waals surface area contributed by atoms with Gasteiger partial charge in [0.25, 0.3) is 0 Å². The second kappa shape index (κ2) is 10.2. The van der Waals surface area contributed by atoms with E-state index in [1.54, 1.807) is 6.07 Å². The summed E-state index contributed by atoms with van der Waals surface area (Å²) in [5.74, 6) is 1.30. The molecular formula is C27H29FN6O2S. The van der Waals surface area contributed by atoms with Crippen LogP contribution >= 0.6 is 11.8 Å². The molecule has 0 saturated carbocycles. The molecule has 6 rings (SSSR count). The summed E-state index contributed by atoms with van der Waals surface area (Å²) in [6, 6.07) is 11.1. The minimum Gasteiger partial charge on any atom is -0.366 e.